The van der Waals surface area contributed by atoms with E-state index in [9.17, 15) is 22.4 Å². The summed E-state index contributed by atoms with van der Waals surface area (Å²) in [5.41, 5.74) is -0.477. The van der Waals surface area contributed by atoms with Crippen molar-refractivity contribution in [3.63, 3.8) is 0 Å². The molecule has 0 N–H and O–H groups in total. The third-order valence-corrected chi connectivity index (χ3v) is 3.42. The van der Waals surface area contributed by atoms with Crippen LogP contribution in [0.5, 0.6) is 5.75 Å². The van der Waals surface area contributed by atoms with Crippen molar-refractivity contribution in [2.24, 2.45) is 0 Å². The lowest BCUT2D eigenvalue weighted by Crippen LogP contribution is -2.26. The highest BCUT2D eigenvalue weighted by molar-refractivity contribution is 5.94. The van der Waals surface area contributed by atoms with E-state index in [1.54, 1.807) is 6.07 Å². The molecule has 24 heavy (non-hydrogen) atoms. The smallest absolute Gasteiger partial charge is 0.416 e. The lowest BCUT2D eigenvalue weighted by Gasteiger charge is -2.18. The summed E-state index contributed by atoms with van der Waals surface area (Å²) in [6.07, 6.45) is -4.52. The Morgan fingerprint density at radius 1 is 1.17 bits per heavy atom. The average Bonchev–Trinajstić information content (AvgIpc) is 2.53. The van der Waals surface area contributed by atoms with Gasteiger partial charge in [-0.3, -0.25) is 4.79 Å². The van der Waals surface area contributed by atoms with E-state index < -0.39 is 23.5 Å². The summed E-state index contributed by atoms with van der Waals surface area (Å²) in [4.78, 5) is 13.5. The zero-order valence-electron chi connectivity index (χ0n) is 13.0. The molecule has 0 spiro atoms. The number of benzene rings is 2. The molecule has 2 rings (SSSR count). The van der Waals surface area contributed by atoms with Crippen LogP contribution in [0.15, 0.2) is 42.5 Å². The monoisotopic (exact) mass is 341 g/mol. The van der Waals surface area contributed by atoms with Gasteiger partial charge in [-0.2, -0.15) is 13.2 Å². The summed E-state index contributed by atoms with van der Waals surface area (Å²) in [6.45, 7) is 0.0516. The second-order valence-corrected chi connectivity index (χ2v) is 5.21. The van der Waals surface area contributed by atoms with Crippen LogP contribution in [0.3, 0.4) is 0 Å². The Labute approximate surface area is 136 Å². The maximum absolute atomic E-state index is 13.7. The SMILES string of the molecule is COc1ccc(CN(C)C(=O)c2cccc(C(F)(F)F)c2)cc1F. The minimum atomic E-state index is -4.52. The third kappa shape index (κ3) is 4.04. The van der Waals surface area contributed by atoms with E-state index in [1.165, 1.54) is 43.3 Å². The first-order chi connectivity index (χ1) is 11.2. The number of amides is 1. The van der Waals surface area contributed by atoms with Crippen LogP contribution in [-0.2, 0) is 12.7 Å². The second kappa shape index (κ2) is 6.90. The van der Waals surface area contributed by atoms with Crippen molar-refractivity contribution in [1.29, 1.82) is 0 Å². The topological polar surface area (TPSA) is 29.5 Å². The van der Waals surface area contributed by atoms with Crippen molar-refractivity contribution in [3.05, 3.63) is 65.0 Å². The first-order valence-corrected chi connectivity index (χ1v) is 6.97. The quantitative estimate of drug-likeness (QED) is 0.783. The number of ether oxygens (including phenoxy) is 1. The predicted molar refractivity (Wildman–Crippen MR) is 80.2 cm³/mol. The van der Waals surface area contributed by atoms with E-state index in [2.05, 4.69) is 0 Å². The summed E-state index contributed by atoms with van der Waals surface area (Å²) < 4.78 is 56.6. The summed E-state index contributed by atoms with van der Waals surface area (Å²) in [6, 6.07) is 8.41. The van der Waals surface area contributed by atoms with Gasteiger partial charge in [-0.25, -0.2) is 4.39 Å². The number of nitrogens with zero attached hydrogens (tertiary/aromatic N) is 1. The number of rotatable bonds is 4. The molecular formula is C17H15F4NO2. The molecule has 0 fully saturated rings. The number of hydrogen-bond acceptors (Lipinski definition) is 2. The maximum atomic E-state index is 13.7. The van der Waals surface area contributed by atoms with Gasteiger partial charge in [0.15, 0.2) is 11.6 Å². The molecule has 1 amide bonds. The van der Waals surface area contributed by atoms with Crippen LogP contribution in [0, 0.1) is 5.82 Å². The number of alkyl halides is 3. The van der Waals surface area contributed by atoms with Crippen LogP contribution in [-0.4, -0.2) is 25.0 Å². The van der Waals surface area contributed by atoms with Gasteiger partial charge in [0.1, 0.15) is 0 Å². The van der Waals surface area contributed by atoms with Crippen molar-refractivity contribution in [3.8, 4) is 5.75 Å². The van der Waals surface area contributed by atoms with Gasteiger partial charge < -0.3 is 9.64 Å². The summed E-state index contributed by atoms with van der Waals surface area (Å²) >= 11 is 0. The fourth-order valence-corrected chi connectivity index (χ4v) is 2.20. The minimum Gasteiger partial charge on any atom is -0.494 e. The summed E-state index contributed by atoms with van der Waals surface area (Å²) in [5, 5.41) is 0. The van der Waals surface area contributed by atoms with E-state index >= 15 is 0 Å². The van der Waals surface area contributed by atoms with Crippen LogP contribution < -0.4 is 4.74 Å². The van der Waals surface area contributed by atoms with Crippen LogP contribution in [0.25, 0.3) is 0 Å². The maximum Gasteiger partial charge on any atom is 0.416 e. The van der Waals surface area contributed by atoms with Gasteiger partial charge in [0.25, 0.3) is 5.91 Å². The summed E-state index contributed by atoms with van der Waals surface area (Å²) in [5.74, 6) is -1.09. The van der Waals surface area contributed by atoms with Gasteiger partial charge in [-0.05, 0) is 35.9 Å². The second-order valence-electron chi connectivity index (χ2n) is 5.21. The molecule has 0 unspecified atom stereocenters. The van der Waals surface area contributed by atoms with Crippen molar-refractivity contribution < 1.29 is 27.1 Å². The van der Waals surface area contributed by atoms with Crippen LogP contribution in [0.1, 0.15) is 21.5 Å². The van der Waals surface area contributed by atoms with Gasteiger partial charge in [0, 0.05) is 19.2 Å². The molecule has 2 aromatic rings. The van der Waals surface area contributed by atoms with Crippen LogP contribution in [0.2, 0.25) is 0 Å². The van der Waals surface area contributed by atoms with E-state index in [4.69, 9.17) is 4.74 Å². The molecular weight excluding hydrogens is 326 g/mol. The zero-order valence-corrected chi connectivity index (χ0v) is 13.0. The zero-order chi connectivity index (χ0) is 17.9. The van der Waals surface area contributed by atoms with E-state index in [0.717, 1.165) is 12.1 Å². The van der Waals surface area contributed by atoms with E-state index in [-0.39, 0.29) is 17.9 Å². The lowest BCUT2D eigenvalue weighted by molar-refractivity contribution is -0.137. The number of halogens is 4. The largest absolute Gasteiger partial charge is 0.494 e. The highest BCUT2D eigenvalue weighted by atomic mass is 19.4. The average molecular weight is 341 g/mol. The Hall–Kier alpha value is -2.57. The normalized spacial score (nSPS) is 11.2. The minimum absolute atomic E-state index is 0.0516. The number of methoxy groups -OCH3 is 1. The number of carbonyl (C=O) groups excluding carboxylic acids is 1. The van der Waals surface area contributed by atoms with Crippen molar-refractivity contribution in [1.82, 2.24) is 4.90 Å². The molecule has 0 heterocycles. The first kappa shape index (κ1) is 17.8. The van der Waals surface area contributed by atoms with Gasteiger partial charge >= 0.3 is 6.18 Å². The number of carbonyl (C=O) groups is 1. The molecule has 0 saturated carbocycles. The molecule has 0 atom stereocenters. The fourth-order valence-electron chi connectivity index (χ4n) is 2.20. The van der Waals surface area contributed by atoms with Crippen molar-refractivity contribution >= 4 is 5.91 Å². The molecule has 0 radical (unpaired) electrons. The van der Waals surface area contributed by atoms with Crippen molar-refractivity contribution in [2.45, 2.75) is 12.7 Å². The molecule has 0 aliphatic heterocycles. The highest BCUT2D eigenvalue weighted by Crippen LogP contribution is 2.29. The molecule has 0 saturated heterocycles. The Kier molecular flexibility index (Phi) is 5.11. The lowest BCUT2D eigenvalue weighted by atomic mass is 10.1. The molecule has 0 bridgehead atoms. The Morgan fingerprint density at radius 3 is 2.46 bits per heavy atom. The Balaban J connectivity index is 2.16. The van der Waals surface area contributed by atoms with Gasteiger partial charge in [0.2, 0.25) is 0 Å². The molecule has 3 nitrogen and oxygen atoms in total. The molecule has 0 aromatic heterocycles. The number of hydrogen-bond donors (Lipinski definition) is 0. The van der Waals surface area contributed by atoms with Gasteiger partial charge in [-0.1, -0.05) is 12.1 Å². The molecule has 128 valence electrons. The van der Waals surface area contributed by atoms with Crippen LogP contribution in [0.4, 0.5) is 17.6 Å². The fraction of sp³-hybridized carbons (Fsp3) is 0.235. The predicted octanol–water partition coefficient (Wildman–Crippen LogP) is 4.13. The van der Waals surface area contributed by atoms with E-state index in [1.807, 2.05) is 0 Å². The Bertz CT molecular complexity index is 744. The Morgan fingerprint density at radius 2 is 1.88 bits per heavy atom. The van der Waals surface area contributed by atoms with Crippen molar-refractivity contribution in [2.75, 3.05) is 14.2 Å². The molecule has 7 heteroatoms. The summed E-state index contributed by atoms with van der Waals surface area (Å²) in [7, 11) is 2.77. The van der Waals surface area contributed by atoms with E-state index in [0.29, 0.717) is 5.56 Å². The first-order valence-electron chi connectivity index (χ1n) is 6.97. The standard InChI is InChI=1S/C17H15F4NO2/c1-22(10-11-6-7-15(24-2)14(18)8-11)16(23)12-4-3-5-13(9-12)17(19,20)21/h3-9H,10H2,1-2H3. The highest BCUT2D eigenvalue weighted by Gasteiger charge is 2.31. The molecule has 0 aliphatic rings. The molecule has 2 aromatic carbocycles. The molecule has 0 aliphatic carbocycles. The van der Waals surface area contributed by atoms with Gasteiger partial charge in [0.05, 0.1) is 12.7 Å². The van der Waals surface area contributed by atoms with Gasteiger partial charge in [-0.15, -0.1) is 0 Å². The third-order valence-electron chi connectivity index (χ3n) is 3.42. The van der Waals surface area contributed by atoms with Crippen LogP contribution >= 0.6 is 0 Å².